The molecule has 1 rings (SSSR count). The highest BCUT2D eigenvalue weighted by molar-refractivity contribution is 5.16. The van der Waals surface area contributed by atoms with Gasteiger partial charge in [0.1, 0.15) is 5.82 Å². The van der Waals surface area contributed by atoms with Crippen molar-refractivity contribution in [2.75, 3.05) is 27.2 Å². The minimum absolute atomic E-state index is 0.838. The Morgan fingerprint density at radius 1 is 1.35 bits per heavy atom. The molecule has 2 heteroatoms. The van der Waals surface area contributed by atoms with Gasteiger partial charge >= 0.3 is 0 Å². The fourth-order valence-electron chi connectivity index (χ4n) is 2.37. The van der Waals surface area contributed by atoms with Crippen LogP contribution < -0.4 is 0 Å². The average molecular weight is 236 g/mol. The molecule has 0 aromatic rings. The van der Waals surface area contributed by atoms with Crippen LogP contribution in [0, 0.1) is 5.92 Å². The van der Waals surface area contributed by atoms with Gasteiger partial charge in [0.25, 0.3) is 0 Å². The zero-order chi connectivity index (χ0) is 12.7. The van der Waals surface area contributed by atoms with Crippen molar-refractivity contribution in [1.29, 1.82) is 0 Å². The Labute approximate surface area is 107 Å². The number of hydrogen-bond acceptors (Lipinski definition) is 2. The molecule has 0 aromatic carbocycles. The molecule has 0 saturated heterocycles. The van der Waals surface area contributed by atoms with Gasteiger partial charge in [0, 0.05) is 27.2 Å². The molecule has 0 amide bonds. The van der Waals surface area contributed by atoms with E-state index in [2.05, 4.69) is 56.0 Å². The maximum atomic E-state index is 2.50. The Bertz CT molecular complexity index is 266. The summed E-state index contributed by atoms with van der Waals surface area (Å²) in [5.41, 5.74) is 0. The van der Waals surface area contributed by atoms with Crippen molar-refractivity contribution in [3.8, 4) is 0 Å². The summed E-state index contributed by atoms with van der Waals surface area (Å²) in [7, 11) is 4.26. The summed E-state index contributed by atoms with van der Waals surface area (Å²) >= 11 is 0. The summed E-state index contributed by atoms with van der Waals surface area (Å²) in [5, 5.41) is 0. The maximum absolute atomic E-state index is 2.50. The molecule has 1 heterocycles. The summed E-state index contributed by atoms with van der Waals surface area (Å²) < 4.78 is 0. The fraction of sp³-hybridized carbons (Fsp3) is 0.733. The number of allylic oxidation sites excluding steroid dienone is 2. The molecule has 0 bridgehead atoms. The van der Waals surface area contributed by atoms with E-state index in [0.717, 1.165) is 12.5 Å². The monoisotopic (exact) mass is 236 g/mol. The molecule has 1 unspecified atom stereocenters. The molecule has 0 N–H and O–H groups in total. The predicted octanol–water partition coefficient (Wildman–Crippen LogP) is 3.48. The summed E-state index contributed by atoms with van der Waals surface area (Å²) in [6.45, 7) is 6.86. The van der Waals surface area contributed by atoms with E-state index in [9.17, 15) is 0 Å². The van der Waals surface area contributed by atoms with Crippen LogP contribution in [0.3, 0.4) is 0 Å². The lowest BCUT2D eigenvalue weighted by Crippen LogP contribution is -2.36. The zero-order valence-corrected chi connectivity index (χ0v) is 11.9. The van der Waals surface area contributed by atoms with Gasteiger partial charge in [-0.25, -0.2) is 0 Å². The normalized spacial score (nSPS) is 16.9. The van der Waals surface area contributed by atoms with Crippen molar-refractivity contribution in [2.24, 2.45) is 5.92 Å². The van der Waals surface area contributed by atoms with E-state index in [1.165, 1.54) is 38.0 Å². The SMILES string of the molecule is CCCCC(CC)CN1CC=CC=C1N(C)C. The van der Waals surface area contributed by atoms with Crippen molar-refractivity contribution >= 4 is 0 Å². The van der Waals surface area contributed by atoms with Crippen LogP contribution in [-0.4, -0.2) is 37.0 Å². The average Bonchev–Trinajstić information content (AvgIpc) is 2.34. The Morgan fingerprint density at radius 3 is 2.71 bits per heavy atom. The van der Waals surface area contributed by atoms with Crippen molar-refractivity contribution in [3.63, 3.8) is 0 Å². The van der Waals surface area contributed by atoms with Crippen molar-refractivity contribution in [1.82, 2.24) is 9.80 Å². The van der Waals surface area contributed by atoms with E-state index in [1.54, 1.807) is 0 Å². The van der Waals surface area contributed by atoms with E-state index in [1.807, 2.05) is 0 Å². The summed E-state index contributed by atoms with van der Waals surface area (Å²) in [5.74, 6) is 2.19. The molecular formula is C15H28N2. The zero-order valence-electron chi connectivity index (χ0n) is 11.9. The molecular weight excluding hydrogens is 208 g/mol. The van der Waals surface area contributed by atoms with E-state index >= 15 is 0 Å². The second kappa shape index (κ2) is 7.41. The minimum Gasteiger partial charge on any atom is -0.364 e. The van der Waals surface area contributed by atoms with Gasteiger partial charge in [-0.1, -0.05) is 45.3 Å². The number of nitrogens with zero attached hydrogens (tertiary/aromatic N) is 2. The van der Waals surface area contributed by atoms with E-state index < -0.39 is 0 Å². The highest BCUT2D eigenvalue weighted by Crippen LogP contribution is 2.19. The summed E-state index contributed by atoms with van der Waals surface area (Å²) in [4.78, 5) is 4.72. The van der Waals surface area contributed by atoms with Gasteiger partial charge in [-0.3, -0.25) is 0 Å². The molecule has 1 aliphatic heterocycles. The first-order valence-corrected chi connectivity index (χ1v) is 6.98. The third-order valence-electron chi connectivity index (χ3n) is 3.51. The third-order valence-corrected chi connectivity index (χ3v) is 3.51. The van der Waals surface area contributed by atoms with E-state index in [4.69, 9.17) is 0 Å². The van der Waals surface area contributed by atoms with Gasteiger partial charge in [0.15, 0.2) is 0 Å². The molecule has 0 aromatic heterocycles. The van der Waals surface area contributed by atoms with Crippen LogP contribution in [-0.2, 0) is 0 Å². The Balaban J connectivity index is 2.53. The topological polar surface area (TPSA) is 6.48 Å². The van der Waals surface area contributed by atoms with Crippen LogP contribution in [0.1, 0.15) is 39.5 Å². The van der Waals surface area contributed by atoms with Crippen LogP contribution in [0.2, 0.25) is 0 Å². The smallest absolute Gasteiger partial charge is 0.104 e. The highest BCUT2D eigenvalue weighted by atomic mass is 15.3. The van der Waals surface area contributed by atoms with Gasteiger partial charge in [-0.2, -0.15) is 0 Å². The van der Waals surface area contributed by atoms with E-state index in [0.29, 0.717) is 0 Å². The molecule has 98 valence electrons. The van der Waals surface area contributed by atoms with Crippen LogP contribution in [0.4, 0.5) is 0 Å². The lowest BCUT2D eigenvalue weighted by atomic mass is 9.98. The first-order chi connectivity index (χ1) is 8.19. The summed E-state index contributed by atoms with van der Waals surface area (Å²) in [6.07, 6.45) is 12.0. The predicted molar refractivity (Wildman–Crippen MR) is 75.8 cm³/mol. The Kier molecular flexibility index (Phi) is 6.17. The molecule has 1 aliphatic rings. The van der Waals surface area contributed by atoms with E-state index in [-0.39, 0.29) is 0 Å². The largest absolute Gasteiger partial charge is 0.364 e. The summed E-state index contributed by atoms with van der Waals surface area (Å²) in [6, 6.07) is 0. The van der Waals surface area contributed by atoms with Crippen molar-refractivity contribution in [2.45, 2.75) is 39.5 Å². The van der Waals surface area contributed by atoms with Gasteiger partial charge in [0.05, 0.1) is 0 Å². The van der Waals surface area contributed by atoms with Crippen molar-refractivity contribution in [3.05, 3.63) is 24.0 Å². The Morgan fingerprint density at radius 2 is 2.12 bits per heavy atom. The molecule has 0 radical (unpaired) electrons. The van der Waals surface area contributed by atoms with Gasteiger partial charge < -0.3 is 9.80 Å². The van der Waals surface area contributed by atoms with Crippen LogP contribution in [0.5, 0.6) is 0 Å². The maximum Gasteiger partial charge on any atom is 0.104 e. The van der Waals surface area contributed by atoms with Crippen LogP contribution in [0.25, 0.3) is 0 Å². The van der Waals surface area contributed by atoms with Gasteiger partial charge in [-0.15, -0.1) is 0 Å². The molecule has 2 nitrogen and oxygen atoms in total. The molecule has 0 spiro atoms. The molecule has 17 heavy (non-hydrogen) atoms. The number of unbranched alkanes of at least 4 members (excludes halogenated alkanes) is 1. The lowest BCUT2D eigenvalue weighted by molar-refractivity contribution is 0.227. The van der Waals surface area contributed by atoms with Gasteiger partial charge in [0.2, 0.25) is 0 Å². The molecule has 0 saturated carbocycles. The van der Waals surface area contributed by atoms with Crippen molar-refractivity contribution < 1.29 is 0 Å². The second-order valence-corrected chi connectivity index (χ2v) is 5.17. The minimum atomic E-state index is 0.838. The molecule has 0 fully saturated rings. The van der Waals surface area contributed by atoms with Crippen LogP contribution >= 0.6 is 0 Å². The number of rotatable bonds is 7. The first kappa shape index (κ1) is 14.1. The first-order valence-electron chi connectivity index (χ1n) is 6.98. The lowest BCUT2D eigenvalue weighted by Gasteiger charge is -2.35. The Hall–Kier alpha value is -0.920. The second-order valence-electron chi connectivity index (χ2n) is 5.17. The van der Waals surface area contributed by atoms with Crippen LogP contribution in [0.15, 0.2) is 24.0 Å². The molecule has 0 aliphatic carbocycles. The highest BCUT2D eigenvalue weighted by Gasteiger charge is 2.16. The third kappa shape index (κ3) is 4.45. The standard InChI is InChI=1S/C15H28N2/c1-5-7-10-14(6-2)13-17-12-9-8-11-15(17)16(3)4/h8-9,11,14H,5-7,10,12-13H2,1-4H3. The fourth-order valence-corrected chi connectivity index (χ4v) is 2.37. The molecule has 1 atom stereocenters. The number of hydrogen-bond donors (Lipinski definition) is 0. The van der Waals surface area contributed by atoms with Gasteiger partial charge in [-0.05, 0) is 18.4 Å². The quantitative estimate of drug-likeness (QED) is 0.668.